The van der Waals surface area contributed by atoms with Crippen molar-refractivity contribution in [3.63, 3.8) is 0 Å². The van der Waals surface area contributed by atoms with E-state index in [2.05, 4.69) is 11.9 Å². The van der Waals surface area contributed by atoms with Gasteiger partial charge in [-0.3, -0.25) is 0 Å². The van der Waals surface area contributed by atoms with Gasteiger partial charge in [0.2, 0.25) is 0 Å². The Morgan fingerprint density at radius 1 is 1.47 bits per heavy atom. The molecule has 0 aromatic heterocycles. The van der Waals surface area contributed by atoms with Crippen molar-refractivity contribution in [3.8, 4) is 5.75 Å². The number of phenolic OH excluding ortho intramolecular Hbond substituents is 1. The molecule has 0 saturated carbocycles. The maximum absolute atomic E-state index is 9.67. The lowest BCUT2D eigenvalue weighted by atomic mass is 10.1. The molecule has 0 radical (unpaired) electrons. The third-order valence-corrected chi connectivity index (χ3v) is 2.56. The fourth-order valence-electron chi connectivity index (χ4n) is 1.42. The lowest BCUT2D eigenvalue weighted by Gasteiger charge is -2.18. The highest BCUT2D eigenvalue weighted by atomic mass is 35.5. The minimum absolute atomic E-state index is 0.0386. The third kappa shape index (κ3) is 3.26. The van der Waals surface area contributed by atoms with Crippen molar-refractivity contribution in [2.24, 2.45) is 0 Å². The van der Waals surface area contributed by atoms with E-state index in [4.69, 9.17) is 11.6 Å². The third-order valence-electron chi connectivity index (χ3n) is 2.32. The molecule has 0 saturated heterocycles. The molecule has 2 unspecified atom stereocenters. The van der Waals surface area contributed by atoms with Crippen LogP contribution in [-0.4, -0.2) is 11.1 Å². The summed E-state index contributed by atoms with van der Waals surface area (Å²) in [5.74, 6) is 0.260. The topological polar surface area (TPSA) is 32.3 Å². The Morgan fingerprint density at radius 2 is 2.13 bits per heavy atom. The molecule has 0 heterocycles. The quantitative estimate of drug-likeness (QED) is 0.771. The molecular formula is C12H16ClNO. The molecule has 1 aromatic carbocycles. The van der Waals surface area contributed by atoms with Gasteiger partial charge in [-0.25, -0.2) is 0 Å². The largest absolute Gasteiger partial charge is 0.508 e. The number of nitrogens with one attached hydrogen (secondary N) is 1. The number of hydrogen-bond acceptors (Lipinski definition) is 2. The van der Waals surface area contributed by atoms with Crippen LogP contribution in [0.5, 0.6) is 5.75 Å². The smallest absolute Gasteiger partial charge is 0.120 e. The Balaban J connectivity index is 2.85. The highest BCUT2D eigenvalue weighted by molar-refractivity contribution is 6.30. The normalized spacial score (nSPS) is 14.6. The maximum Gasteiger partial charge on any atom is 0.120 e. The minimum Gasteiger partial charge on any atom is -0.508 e. The van der Waals surface area contributed by atoms with E-state index in [0.717, 1.165) is 5.56 Å². The van der Waals surface area contributed by atoms with Crippen LogP contribution in [-0.2, 0) is 0 Å². The van der Waals surface area contributed by atoms with Gasteiger partial charge in [0.05, 0.1) is 0 Å². The van der Waals surface area contributed by atoms with Crippen molar-refractivity contribution in [1.82, 2.24) is 5.32 Å². The van der Waals surface area contributed by atoms with Gasteiger partial charge < -0.3 is 10.4 Å². The standard InChI is InChI=1S/C12H16ClNO/c1-4-8(2)14-9(3)11-7-10(13)5-6-12(11)15/h4-9,14-15H,1H2,2-3H3. The van der Waals surface area contributed by atoms with Crippen LogP contribution in [0.3, 0.4) is 0 Å². The highest BCUT2D eigenvalue weighted by Gasteiger charge is 2.11. The molecule has 0 aliphatic rings. The molecule has 0 spiro atoms. The average molecular weight is 226 g/mol. The summed E-state index contributed by atoms with van der Waals surface area (Å²) >= 11 is 5.87. The van der Waals surface area contributed by atoms with Gasteiger partial charge in [-0.05, 0) is 32.0 Å². The Morgan fingerprint density at radius 3 is 2.73 bits per heavy atom. The molecule has 0 amide bonds. The molecule has 1 aromatic rings. The molecule has 2 N–H and O–H groups in total. The second kappa shape index (κ2) is 5.19. The second-order valence-electron chi connectivity index (χ2n) is 3.62. The van der Waals surface area contributed by atoms with Gasteiger partial charge in [0.25, 0.3) is 0 Å². The average Bonchev–Trinajstić information content (AvgIpc) is 2.21. The van der Waals surface area contributed by atoms with Gasteiger partial charge in [-0.15, -0.1) is 6.58 Å². The molecule has 0 fully saturated rings. The monoisotopic (exact) mass is 225 g/mol. The number of halogens is 1. The first kappa shape index (κ1) is 12.1. The summed E-state index contributed by atoms with van der Waals surface area (Å²) in [5, 5.41) is 13.6. The van der Waals surface area contributed by atoms with Crippen LogP contribution in [0.25, 0.3) is 0 Å². The first-order chi connectivity index (χ1) is 7.04. The van der Waals surface area contributed by atoms with Crippen LogP contribution >= 0.6 is 11.6 Å². The zero-order valence-corrected chi connectivity index (χ0v) is 9.75. The fraction of sp³-hybridized carbons (Fsp3) is 0.333. The van der Waals surface area contributed by atoms with Gasteiger partial charge in [0.15, 0.2) is 0 Å². The Hall–Kier alpha value is -0.990. The lowest BCUT2D eigenvalue weighted by Crippen LogP contribution is -2.26. The van der Waals surface area contributed by atoms with Crippen molar-refractivity contribution < 1.29 is 5.11 Å². The molecule has 3 heteroatoms. The number of aromatic hydroxyl groups is 1. The SMILES string of the molecule is C=CC(C)NC(C)c1cc(Cl)ccc1O. The van der Waals surface area contributed by atoms with Crippen LogP contribution in [0.1, 0.15) is 25.5 Å². The van der Waals surface area contributed by atoms with E-state index >= 15 is 0 Å². The van der Waals surface area contributed by atoms with Gasteiger partial charge in [0.1, 0.15) is 5.75 Å². The summed E-state index contributed by atoms with van der Waals surface area (Å²) in [7, 11) is 0. The van der Waals surface area contributed by atoms with Crippen LogP contribution in [0, 0.1) is 0 Å². The minimum atomic E-state index is 0.0386. The van der Waals surface area contributed by atoms with Crippen molar-refractivity contribution in [3.05, 3.63) is 41.4 Å². The Kier molecular flexibility index (Phi) is 4.18. The fourth-order valence-corrected chi connectivity index (χ4v) is 1.60. The van der Waals surface area contributed by atoms with Crippen LogP contribution < -0.4 is 5.32 Å². The molecular weight excluding hydrogens is 210 g/mol. The van der Waals surface area contributed by atoms with E-state index in [1.165, 1.54) is 0 Å². The predicted molar refractivity (Wildman–Crippen MR) is 64.3 cm³/mol. The molecule has 1 rings (SSSR count). The van der Waals surface area contributed by atoms with E-state index in [9.17, 15) is 5.11 Å². The van der Waals surface area contributed by atoms with E-state index in [1.54, 1.807) is 18.2 Å². The molecule has 15 heavy (non-hydrogen) atoms. The van der Waals surface area contributed by atoms with Crippen molar-refractivity contribution in [1.29, 1.82) is 0 Å². The van der Waals surface area contributed by atoms with E-state index in [1.807, 2.05) is 19.9 Å². The Labute approximate surface area is 95.6 Å². The van der Waals surface area contributed by atoms with Gasteiger partial charge >= 0.3 is 0 Å². The molecule has 0 bridgehead atoms. The molecule has 0 aliphatic heterocycles. The summed E-state index contributed by atoms with van der Waals surface area (Å²) in [6, 6.07) is 5.28. The first-order valence-corrected chi connectivity index (χ1v) is 5.29. The second-order valence-corrected chi connectivity index (χ2v) is 4.05. The van der Waals surface area contributed by atoms with E-state index in [0.29, 0.717) is 5.02 Å². The van der Waals surface area contributed by atoms with Gasteiger partial charge in [-0.1, -0.05) is 17.7 Å². The lowest BCUT2D eigenvalue weighted by molar-refractivity contribution is 0.448. The number of benzene rings is 1. The summed E-state index contributed by atoms with van der Waals surface area (Å²) in [6.45, 7) is 7.68. The molecule has 0 aliphatic carbocycles. The maximum atomic E-state index is 9.67. The molecule has 2 atom stereocenters. The number of hydrogen-bond donors (Lipinski definition) is 2. The summed E-state index contributed by atoms with van der Waals surface area (Å²) < 4.78 is 0. The van der Waals surface area contributed by atoms with Gasteiger partial charge in [-0.2, -0.15) is 0 Å². The number of phenols is 1. The van der Waals surface area contributed by atoms with Crippen LogP contribution in [0.4, 0.5) is 0 Å². The zero-order chi connectivity index (χ0) is 11.4. The Bertz CT molecular complexity index is 351. The predicted octanol–water partition coefficient (Wildman–Crippen LogP) is 3.27. The van der Waals surface area contributed by atoms with Gasteiger partial charge in [0, 0.05) is 22.7 Å². The highest BCUT2D eigenvalue weighted by Crippen LogP contribution is 2.27. The summed E-state index contributed by atoms with van der Waals surface area (Å²) in [4.78, 5) is 0. The first-order valence-electron chi connectivity index (χ1n) is 4.91. The summed E-state index contributed by atoms with van der Waals surface area (Å²) in [5.41, 5.74) is 0.802. The van der Waals surface area contributed by atoms with E-state index in [-0.39, 0.29) is 17.8 Å². The van der Waals surface area contributed by atoms with E-state index < -0.39 is 0 Å². The molecule has 82 valence electrons. The molecule has 2 nitrogen and oxygen atoms in total. The van der Waals surface area contributed by atoms with Crippen molar-refractivity contribution >= 4 is 11.6 Å². The zero-order valence-electron chi connectivity index (χ0n) is 9.00. The van der Waals surface area contributed by atoms with Crippen molar-refractivity contribution in [2.75, 3.05) is 0 Å². The summed E-state index contributed by atoms with van der Waals surface area (Å²) in [6.07, 6.45) is 1.82. The van der Waals surface area contributed by atoms with Crippen LogP contribution in [0.15, 0.2) is 30.9 Å². The van der Waals surface area contributed by atoms with Crippen molar-refractivity contribution in [2.45, 2.75) is 25.9 Å². The number of rotatable bonds is 4. The van der Waals surface area contributed by atoms with Crippen LogP contribution in [0.2, 0.25) is 5.02 Å².